The predicted molar refractivity (Wildman–Crippen MR) is 116 cm³/mol. The van der Waals surface area contributed by atoms with Gasteiger partial charge in [-0.05, 0) is 80.5 Å². The van der Waals surface area contributed by atoms with Crippen molar-refractivity contribution in [3.8, 4) is 0 Å². The summed E-state index contributed by atoms with van der Waals surface area (Å²) in [5.74, 6) is 1.14. The van der Waals surface area contributed by atoms with Gasteiger partial charge in [0.05, 0.1) is 18.8 Å². The SMILES string of the molecule is C=C(COCC(C)(C)O)[C@@H]1CC[C@@H]2[C@H](O[Si](C)(C)C(C)(C)C)CCC[C@]21C. The highest BCUT2D eigenvalue weighted by molar-refractivity contribution is 6.74. The molecule has 0 aromatic rings. The van der Waals surface area contributed by atoms with E-state index in [1.807, 2.05) is 0 Å². The van der Waals surface area contributed by atoms with Crippen molar-refractivity contribution in [2.75, 3.05) is 13.2 Å². The minimum absolute atomic E-state index is 0.257. The van der Waals surface area contributed by atoms with Crippen LogP contribution in [0.3, 0.4) is 0 Å². The van der Waals surface area contributed by atoms with Crippen LogP contribution in [0.4, 0.5) is 0 Å². The molecule has 0 heterocycles. The Hall–Kier alpha value is -0.163. The number of hydrogen-bond donors (Lipinski definition) is 1. The average molecular weight is 397 g/mol. The molecule has 0 radical (unpaired) electrons. The molecule has 0 aromatic heterocycles. The molecule has 2 rings (SSSR count). The second kappa shape index (κ2) is 7.93. The highest BCUT2D eigenvalue weighted by Crippen LogP contribution is 2.58. The molecule has 0 aromatic carbocycles. The Balaban J connectivity index is 2.05. The van der Waals surface area contributed by atoms with Gasteiger partial charge in [0.15, 0.2) is 8.32 Å². The van der Waals surface area contributed by atoms with E-state index in [0.29, 0.717) is 31.2 Å². The molecule has 0 aliphatic heterocycles. The van der Waals surface area contributed by atoms with Crippen LogP contribution in [0.1, 0.15) is 73.6 Å². The number of fused-ring (bicyclic) bond motifs is 1. The van der Waals surface area contributed by atoms with E-state index in [9.17, 15) is 5.11 Å². The fourth-order valence-corrected chi connectivity index (χ4v) is 6.41. The smallest absolute Gasteiger partial charge is 0.192 e. The Bertz CT molecular complexity index is 529. The topological polar surface area (TPSA) is 38.7 Å². The van der Waals surface area contributed by atoms with Crippen LogP contribution in [0.2, 0.25) is 18.1 Å². The molecular weight excluding hydrogens is 352 g/mol. The van der Waals surface area contributed by atoms with Crippen molar-refractivity contribution in [2.24, 2.45) is 17.3 Å². The van der Waals surface area contributed by atoms with Gasteiger partial charge >= 0.3 is 0 Å². The zero-order valence-corrected chi connectivity index (χ0v) is 20.2. The van der Waals surface area contributed by atoms with Crippen LogP contribution < -0.4 is 0 Å². The minimum atomic E-state index is -1.75. The molecule has 2 aliphatic rings. The van der Waals surface area contributed by atoms with E-state index < -0.39 is 13.9 Å². The monoisotopic (exact) mass is 396 g/mol. The summed E-state index contributed by atoms with van der Waals surface area (Å²) in [6.45, 7) is 23.1. The maximum Gasteiger partial charge on any atom is 0.192 e. The lowest BCUT2D eigenvalue weighted by Gasteiger charge is -2.49. The van der Waals surface area contributed by atoms with Crippen LogP contribution in [0, 0.1) is 17.3 Å². The van der Waals surface area contributed by atoms with Gasteiger partial charge in [-0.2, -0.15) is 0 Å². The highest BCUT2D eigenvalue weighted by Gasteiger charge is 2.53. The molecule has 1 N–H and O–H groups in total. The molecule has 0 unspecified atom stereocenters. The van der Waals surface area contributed by atoms with Gasteiger partial charge in [-0.15, -0.1) is 0 Å². The van der Waals surface area contributed by atoms with E-state index in [1.165, 1.54) is 37.7 Å². The fraction of sp³-hybridized carbons (Fsp3) is 0.913. The van der Waals surface area contributed by atoms with Crippen molar-refractivity contribution in [2.45, 2.75) is 103 Å². The highest BCUT2D eigenvalue weighted by atomic mass is 28.4. The van der Waals surface area contributed by atoms with E-state index in [0.717, 1.165) is 0 Å². The van der Waals surface area contributed by atoms with Gasteiger partial charge in [-0.1, -0.05) is 40.7 Å². The third-order valence-corrected chi connectivity index (χ3v) is 12.1. The van der Waals surface area contributed by atoms with Crippen molar-refractivity contribution >= 4 is 8.32 Å². The third kappa shape index (κ3) is 5.26. The van der Waals surface area contributed by atoms with Crippen molar-refractivity contribution < 1.29 is 14.3 Å². The van der Waals surface area contributed by atoms with E-state index >= 15 is 0 Å². The molecular formula is C23H44O3Si. The largest absolute Gasteiger partial charge is 0.414 e. The van der Waals surface area contributed by atoms with E-state index in [1.54, 1.807) is 13.8 Å². The normalized spacial score (nSPS) is 32.4. The summed E-state index contributed by atoms with van der Waals surface area (Å²) >= 11 is 0. The van der Waals surface area contributed by atoms with Gasteiger partial charge < -0.3 is 14.3 Å². The zero-order chi connectivity index (χ0) is 20.7. The molecule has 0 bridgehead atoms. The summed E-state index contributed by atoms with van der Waals surface area (Å²) in [4.78, 5) is 0. The Kier molecular flexibility index (Phi) is 6.79. The first kappa shape index (κ1) is 23.1. The van der Waals surface area contributed by atoms with Crippen LogP contribution in [-0.4, -0.2) is 38.3 Å². The van der Waals surface area contributed by atoms with Gasteiger partial charge in [-0.3, -0.25) is 0 Å². The second-order valence-corrected chi connectivity index (χ2v) is 16.3. The van der Waals surface area contributed by atoms with Gasteiger partial charge in [-0.25, -0.2) is 0 Å². The second-order valence-electron chi connectivity index (χ2n) is 11.5. The van der Waals surface area contributed by atoms with E-state index in [2.05, 4.69) is 47.4 Å². The lowest BCUT2D eigenvalue weighted by molar-refractivity contribution is -0.0233. The first-order valence-electron chi connectivity index (χ1n) is 10.8. The molecule has 0 spiro atoms. The quantitative estimate of drug-likeness (QED) is 0.428. The predicted octanol–water partition coefficient (Wildman–Crippen LogP) is 5.94. The molecule has 158 valence electrons. The maximum atomic E-state index is 9.88. The van der Waals surface area contributed by atoms with E-state index in [-0.39, 0.29) is 10.5 Å². The zero-order valence-electron chi connectivity index (χ0n) is 19.2. The summed E-state index contributed by atoms with van der Waals surface area (Å²) < 4.78 is 12.7. The maximum absolute atomic E-state index is 9.88. The van der Waals surface area contributed by atoms with Gasteiger partial charge in [0.2, 0.25) is 0 Å². The number of aliphatic hydroxyl groups is 1. The lowest BCUT2D eigenvalue weighted by atomic mass is 9.63. The molecule has 3 nitrogen and oxygen atoms in total. The summed E-state index contributed by atoms with van der Waals surface area (Å²) in [5.41, 5.74) is 0.702. The Morgan fingerprint density at radius 3 is 2.33 bits per heavy atom. The number of ether oxygens (including phenoxy) is 1. The van der Waals surface area contributed by atoms with E-state index in [4.69, 9.17) is 9.16 Å². The lowest BCUT2D eigenvalue weighted by Crippen LogP contribution is -2.50. The first-order valence-corrected chi connectivity index (χ1v) is 13.7. The van der Waals surface area contributed by atoms with Crippen molar-refractivity contribution in [1.29, 1.82) is 0 Å². The Morgan fingerprint density at radius 2 is 1.78 bits per heavy atom. The summed E-state index contributed by atoms with van der Waals surface area (Å²) in [6.07, 6.45) is 6.57. The molecule has 0 amide bonds. The number of rotatable bonds is 7. The van der Waals surface area contributed by atoms with Gasteiger partial charge in [0.1, 0.15) is 0 Å². The average Bonchev–Trinajstić information content (AvgIpc) is 2.82. The molecule has 4 atom stereocenters. The standard InChI is InChI=1S/C23H44O3Si/c1-17(15-25-16-22(5,6)24)18-12-13-19-20(11-10-14-23(18,19)7)26-27(8,9)21(2,3)4/h18-20,24H,1,10-16H2,2-9H3/t18-,19+,20+,23-/m0/s1. The molecule has 2 saturated carbocycles. The van der Waals surface area contributed by atoms with Gasteiger partial charge in [0, 0.05) is 6.10 Å². The van der Waals surface area contributed by atoms with Crippen LogP contribution in [0.25, 0.3) is 0 Å². The van der Waals surface area contributed by atoms with Crippen LogP contribution >= 0.6 is 0 Å². The van der Waals surface area contributed by atoms with Crippen LogP contribution in [0.15, 0.2) is 12.2 Å². The number of hydrogen-bond acceptors (Lipinski definition) is 3. The fourth-order valence-electron chi connectivity index (χ4n) is 5.02. The summed E-state index contributed by atoms with van der Waals surface area (Å²) in [6, 6.07) is 0. The summed E-state index contributed by atoms with van der Waals surface area (Å²) in [7, 11) is -1.75. The summed E-state index contributed by atoms with van der Waals surface area (Å²) in [5, 5.41) is 10.1. The van der Waals surface area contributed by atoms with Crippen molar-refractivity contribution in [3.63, 3.8) is 0 Å². The van der Waals surface area contributed by atoms with Crippen molar-refractivity contribution in [3.05, 3.63) is 12.2 Å². The molecule has 4 heteroatoms. The molecule has 0 saturated heterocycles. The van der Waals surface area contributed by atoms with Crippen LogP contribution in [-0.2, 0) is 9.16 Å². The Labute approximate surface area is 169 Å². The third-order valence-electron chi connectivity index (χ3n) is 7.55. The molecule has 27 heavy (non-hydrogen) atoms. The van der Waals surface area contributed by atoms with Crippen LogP contribution in [0.5, 0.6) is 0 Å². The minimum Gasteiger partial charge on any atom is -0.414 e. The molecule has 2 aliphatic carbocycles. The van der Waals surface area contributed by atoms with Crippen molar-refractivity contribution in [1.82, 2.24) is 0 Å². The first-order chi connectivity index (χ1) is 12.2. The molecule has 2 fully saturated rings. The van der Waals surface area contributed by atoms with Gasteiger partial charge in [0.25, 0.3) is 0 Å². The Morgan fingerprint density at radius 1 is 1.15 bits per heavy atom.